The zero-order valence-electron chi connectivity index (χ0n) is 12.6. The van der Waals surface area contributed by atoms with Gasteiger partial charge in [-0.2, -0.15) is 0 Å². The van der Waals surface area contributed by atoms with E-state index in [1.54, 1.807) is 19.2 Å². The summed E-state index contributed by atoms with van der Waals surface area (Å²) in [6.45, 7) is 0.426. The number of rotatable bonds is 5. The van der Waals surface area contributed by atoms with Gasteiger partial charge in [-0.3, -0.25) is 14.0 Å². The highest BCUT2D eigenvalue weighted by atomic mass is 32.1. The lowest BCUT2D eigenvalue weighted by molar-refractivity contribution is -0.120. The third-order valence-electron chi connectivity index (χ3n) is 3.42. The molecule has 0 bridgehead atoms. The molecule has 0 spiro atoms. The minimum absolute atomic E-state index is 0.0777. The second kappa shape index (κ2) is 6.62. The van der Waals surface area contributed by atoms with Crippen molar-refractivity contribution in [2.24, 2.45) is 0 Å². The maximum atomic E-state index is 12.0. The highest BCUT2D eigenvalue weighted by Gasteiger charge is 2.08. The van der Waals surface area contributed by atoms with Crippen molar-refractivity contribution in [3.63, 3.8) is 0 Å². The molecule has 2 aromatic heterocycles. The first-order chi connectivity index (χ1) is 11.2. The van der Waals surface area contributed by atoms with E-state index in [1.807, 2.05) is 34.3 Å². The van der Waals surface area contributed by atoms with E-state index in [-0.39, 0.29) is 18.2 Å². The van der Waals surface area contributed by atoms with Gasteiger partial charge in [0.1, 0.15) is 0 Å². The maximum Gasteiger partial charge on any atom is 0.251 e. The summed E-state index contributed by atoms with van der Waals surface area (Å²) in [5.74, 6) is -0.202. The number of nitrogens with one attached hydrogen (secondary N) is 2. The molecule has 0 unspecified atom stereocenters. The molecule has 3 rings (SSSR count). The number of benzene rings is 1. The molecule has 0 aliphatic rings. The van der Waals surface area contributed by atoms with Crippen LogP contribution in [0, 0.1) is 0 Å². The number of carbonyl (C=O) groups is 2. The molecule has 0 aliphatic carbocycles. The van der Waals surface area contributed by atoms with E-state index in [1.165, 1.54) is 11.3 Å². The highest BCUT2D eigenvalue weighted by Crippen LogP contribution is 2.11. The van der Waals surface area contributed by atoms with E-state index >= 15 is 0 Å². The van der Waals surface area contributed by atoms with Crippen molar-refractivity contribution in [1.82, 2.24) is 20.0 Å². The van der Waals surface area contributed by atoms with Gasteiger partial charge < -0.3 is 10.6 Å². The predicted octanol–water partition coefficient (Wildman–Crippen LogP) is 1.61. The molecular weight excluding hydrogens is 312 g/mol. The highest BCUT2D eigenvalue weighted by molar-refractivity contribution is 7.15. The summed E-state index contributed by atoms with van der Waals surface area (Å²) < 4.78 is 1.91. The van der Waals surface area contributed by atoms with Crippen molar-refractivity contribution in [3.05, 3.63) is 58.9 Å². The Balaban J connectivity index is 1.54. The molecule has 1 aromatic carbocycles. The van der Waals surface area contributed by atoms with Crippen LogP contribution in [0.15, 0.2) is 42.0 Å². The molecule has 6 nitrogen and oxygen atoms in total. The minimum atomic E-state index is -0.125. The molecule has 0 aliphatic heterocycles. The first-order valence-electron chi connectivity index (χ1n) is 7.14. The molecule has 0 fully saturated rings. The molecular formula is C16H16N4O2S. The number of fused-ring (bicyclic) bond motifs is 1. The van der Waals surface area contributed by atoms with E-state index in [0.29, 0.717) is 12.1 Å². The van der Waals surface area contributed by atoms with E-state index in [9.17, 15) is 9.59 Å². The summed E-state index contributed by atoms with van der Waals surface area (Å²) in [7, 11) is 1.59. The van der Waals surface area contributed by atoms with E-state index in [4.69, 9.17) is 0 Å². The summed E-state index contributed by atoms with van der Waals surface area (Å²) in [4.78, 5) is 28.7. The quantitative estimate of drug-likeness (QED) is 0.747. The summed E-state index contributed by atoms with van der Waals surface area (Å²) in [5.41, 5.74) is 2.29. The number of carbonyl (C=O) groups excluding carboxylic acids is 2. The van der Waals surface area contributed by atoms with Crippen LogP contribution in [-0.4, -0.2) is 28.2 Å². The van der Waals surface area contributed by atoms with Crippen LogP contribution in [0.1, 0.15) is 21.6 Å². The summed E-state index contributed by atoms with van der Waals surface area (Å²) in [6.07, 6.45) is 4.04. The van der Waals surface area contributed by atoms with Crippen molar-refractivity contribution in [2.75, 3.05) is 7.05 Å². The Morgan fingerprint density at radius 1 is 1.26 bits per heavy atom. The standard InChI is InChI=1S/C16H16N4O2S/c1-17-15(22)12-4-2-11(3-5-12)9-18-14(21)8-13-10-20-6-7-23-16(20)19-13/h2-7,10H,8-9H2,1H3,(H,17,22)(H,18,21). The van der Waals surface area contributed by atoms with Gasteiger partial charge in [0.15, 0.2) is 4.96 Å². The van der Waals surface area contributed by atoms with Crippen LogP contribution in [0.2, 0.25) is 0 Å². The van der Waals surface area contributed by atoms with Crippen LogP contribution in [-0.2, 0) is 17.8 Å². The lowest BCUT2D eigenvalue weighted by atomic mass is 10.1. The molecule has 2 heterocycles. The van der Waals surface area contributed by atoms with Crippen LogP contribution in [0.25, 0.3) is 4.96 Å². The Kier molecular flexibility index (Phi) is 4.38. The van der Waals surface area contributed by atoms with Gasteiger partial charge in [0, 0.05) is 36.9 Å². The molecule has 7 heteroatoms. The number of thiazole rings is 1. The largest absolute Gasteiger partial charge is 0.355 e. The maximum absolute atomic E-state index is 12.0. The summed E-state index contributed by atoms with van der Waals surface area (Å²) >= 11 is 1.54. The Bertz CT molecular complexity index is 807. The average Bonchev–Trinajstić information content (AvgIpc) is 3.14. The van der Waals surface area contributed by atoms with E-state index < -0.39 is 0 Å². The first kappa shape index (κ1) is 15.2. The van der Waals surface area contributed by atoms with Gasteiger partial charge in [0.05, 0.1) is 12.1 Å². The normalized spacial score (nSPS) is 10.7. The van der Waals surface area contributed by atoms with E-state index in [0.717, 1.165) is 16.2 Å². The molecule has 0 radical (unpaired) electrons. The van der Waals surface area contributed by atoms with Gasteiger partial charge in [-0.25, -0.2) is 4.98 Å². The molecule has 2 N–H and O–H groups in total. The lowest BCUT2D eigenvalue weighted by Crippen LogP contribution is -2.24. The van der Waals surface area contributed by atoms with Gasteiger partial charge in [-0.1, -0.05) is 12.1 Å². The number of hydrogen-bond donors (Lipinski definition) is 2. The average molecular weight is 328 g/mol. The van der Waals surface area contributed by atoms with Crippen molar-refractivity contribution in [3.8, 4) is 0 Å². The predicted molar refractivity (Wildman–Crippen MR) is 88.5 cm³/mol. The Morgan fingerprint density at radius 2 is 2.04 bits per heavy atom. The third-order valence-corrected chi connectivity index (χ3v) is 4.19. The molecule has 0 saturated heterocycles. The molecule has 118 valence electrons. The van der Waals surface area contributed by atoms with Crippen molar-refractivity contribution in [2.45, 2.75) is 13.0 Å². The van der Waals surface area contributed by atoms with Gasteiger partial charge in [-0.05, 0) is 17.7 Å². The van der Waals surface area contributed by atoms with Crippen molar-refractivity contribution >= 4 is 28.1 Å². The van der Waals surface area contributed by atoms with Crippen LogP contribution >= 0.6 is 11.3 Å². The second-order valence-corrected chi connectivity index (χ2v) is 5.93. The zero-order valence-corrected chi connectivity index (χ0v) is 13.4. The van der Waals surface area contributed by atoms with Crippen LogP contribution < -0.4 is 10.6 Å². The fraction of sp³-hybridized carbons (Fsp3) is 0.188. The SMILES string of the molecule is CNC(=O)c1ccc(CNC(=O)Cc2cn3ccsc3n2)cc1. The third kappa shape index (κ3) is 3.57. The number of imidazole rings is 1. The van der Waals surface area contributed by atoms with Crippen LogP contribution in [0.4, 0.5) is 0 Å². The van der Waals surface area contributed by atoms with Gasteiger partial charge in [0.2, 0.25) is 5.91 Å². The number of hydrogen-bond acceptors (Lipinski definition) is 4. The molecule has 0 atom stereocenters. The summed E-state index contributed by atoms with van der Waals surface area (Å²) in [5, 5.41) is 7.38. The van der Waals surface area contributed by atoms with Gasteiger partial charge in [-0.15, -0.1) is 11.3 Å². The number of aromatic nitrogens is 2. The van der Waals surface area contributed by atoms with E-state index in [2.05, 4.69) is 15.6 Å². The molecule has 3 aromatic rings. The van der Waals surface area contributed by atoms with Crippen LogP contribution in [0.5, 0.6) is 0 Å². The first-order valence-corrected chi connectivity index (χ1v) is 8.02. The number of nitrogens with zero attached hydrogens (tertiary/aromatic N) is 2. The number of amides is 2. The lowest BCUT2D eigenvalue weighted by Gasteiger charge is -2.05. The summed E-state index contributed by atoms with van der Waals surface area (Å²) in [6, 6.07) is 7.14. The second-order valence-electron chi connectivity index (χ2n) is 5.05. The molecule has 2 amide bonds. The molecule has 23 heavy (non-hydrogen) atoms. The van der Waals surface area contributed by atoms with Crippen molar-refractivity contribution in [1.29, 1.82) is 0 Å². The van der Waals surface area contributed by atoms with Gasteiger partial charge >= 0.3 is 0 Å². The van der Waals surface area contributed by atoms with Crippen molar-refractivity contribution < 1.29 is 9.59 Å². The minimum Gasteiger partial charge on any atom is -0.355 e. The Hall–Kier alpha value is -2.67. The monoisotopic (exact) mass is 328 g/mol. The smallest absolute Gasteiger partial charge is 0.251 e. The van der Waals surface area contributed by atoms with Crippen LogP contribution in [0.3, 0.4) is 0 Å². The van der Waals surface area contributed by atoms with Gasteiger partial charge in [0.25, 0.3) is 5.91 Å². The fourth-order valence-electron chi connectivity index (χ4n) is 2.21. The Labute approximate surface area is 137 Å². The Morgan fingerprint density at radius 3 is 2.74 bits per heavy atom. The molecule has 0 saturated carbocycles. The zero-order chi connectivity index (χ0) is 16.2. The topological polar surface area (TPSA) is 75.5 Å². The fourth-order valence-corrected chi connectivity index (χ4v) is 2.93.